The number of aromatic nitrogens is 2. The minimum absolute atomic E-state index is 0.346. The van der Waals surface area contributed by atoms with Crippen LogP contribution >= 0.6 is 0 Å². The second-order valence-electron chi connectivity index (χ2n) is 3.15. The van der Waals surface area contributed by atoms with Gasteiger partial charge in [-0.05, 0) is 23.8 Å². The van der Waals surface area contributed by atoms with Crippen LogP contribution in [-0.4, -0.2) is 9.97 Å². The minimum Gasteiger partial charge on any atom is -0.326 e. The van der Waals surface area contributed by atoms with Crippen LogP contribution in [0, 0.1) is 5.82 Å². The van der Waals surface area contributed by atoms with E-state index in [9.17, 15) is 4.39 Å². The molecule has 0 bridgehead atoms. The summed E-state index contributed by atoms with van der Waals surface area (Å²) in [6.07, 6.45) is 4.57. The van der Waals surface area contributed by atoms with Crippen LogP contribution in [0.1, 0.15) is 5.56 Å². The van der Waals surface area contributed by atoms with Gasteiger partial charge < -0.3 is 5.73 Å². The number of nitrogens with two attached hydrogens (primary N) is 1. The lowest BCUT2D eigenvalue weighted by atomic mass is 10.1. The zero-order chi connectivity index (χ0) is 10.7. The quantitative estimate of drug-likeness (QED) is 0.808. The maximum Gasteiger partial charge on any atom is 0.141 e. The molecule has 0 saturated heterocycles. The minimum atomic E-state index is -0.346. The molecule has 2 aromatic rings. The molecule has 0 aliphatic heterocycles. The lowest BCUT2D eigenvalue weighted by Crippen LogP contribution is -1.97. The third kappa shape index (κ3) is 2.16. The first-order valence-electron chi connectivity index (χ1n) is 4.55. The van der Waals surface area contributed by atoms with E-state index >= 15 is 0 Å². The fourth-order valence-corrected chi connectivity index (χ4v) is 1.29. The fourth-order valence-electron chi connectivity index (χ4n) is 1.29. The zero-order valence-electron chi connectivity index (χ0n) is 8.02. The molecule has 76 valence electrons. The lowest BCUT2D eigenvalue weighted by molar-refractivity contribution is 0.622. The van der Waals surface area contributed by atoms with Crippen molar-refractivity contribution in [3.8, 4) is 11.3 Å². The number of hydrogen-bond acceptors (Lipinski definition) is 3. The van der Waals surface area contributed by atoms with Crippen molar-refractivity contribution in [1.82, 2.24) is 9.97 Å². The summed E-state index contributed by atoms with van der Waals surface area (Å²) >= 11 is 0. The molecule has 0 amide bonds. The summed E-state index contributed by atoms with van der Waals surface area (Å²) < 4.78 is 12.6. The second kappa shape index (κ2) is 4.14. The van der Waals surface area contributed by atoms with Gasteiger partial charge in [0.15, 0.2) is 0 Å². The molecule has 0 fully saturated rings. The fraction of sp³-hybridized carbons (Fsp3) is 0.0909. The Bertz CT molecular complexity index is 454. The topological polar surface area (TPSA) is 51.8 Å². The van der Waals surface area contributed by atoms with Gasteiger partial charge in [0.25, 0.3) is 0 Å². The smallest absolute Gasteiger partial charge is 0.141 e. The van der Waals surface area contributed by atoms with Gasteiger partial charge in [0.1, 0.15) is 5.82 Å². The highest BCUT2D eigenvalue weighted by molar-refractivity contribution is 5.58. The summed E-state index contributed by atoms with van der Waals surface area (Å²) in [6, 6.07) is 4.89. The van der Waals surface area contributed by atoms with Gasteiger partial charge >= 0.3 is 0 Å². The van der Waals surface area contributed by atoms with Crippen molar-refractivity contribution in [2.45, 2.75) is 6.54 Å². The second-order valence-corrected chi connectivity index (χ2v) is 3.15. The lowest BCUT2D eigenvalue weighted by Gasteiger charge is -2.01. The molecular formula is C11H10FN3. The molecule has 3 nitrogen and oxygen atoms in total. The number of halogens is 1. The molecule has 0 saturated carbocycles. The molecule has 0 spiro atoms. The van der Waals surface area contributed by atoms with E-state index in [0.29, 0.717) is 12.2 Å². The van der Waals surface area contributed by atoms with Crippen LogP contribution in [0.15, 0.2) is 36.8 Å². The molecule has 0 aliphatic rings. The average Bonchev–Trinajstić information content (AvgIpc) is 2.30. The van der Waals surface area contributed by atoms with Crippen molar-refractivity contribution in [1.29, 1.82) is 0 Å². The van der Waals surface area contributed by atoms with Crippen molar-refractivity contribution in [2.24, 2.45) is 5.73 Å². The Hall–Kier alpha value is -1.81. The molecule has 0 unspecified atom stereocenters. The number of rotatable bonds is 2. The largest absolute Gasteiger partial charge is 0.326 e. The molecular weight excluding hydrogens is 193 g/mol. The van der Waals surface area contributed by atoms with Crippen molar-refractivity contribution < 1.29 is 4.39 Å². The molecule has 2 aromatic heterocycles. The Balaban J connectivity index is 2.40. The summed E-state index contributed by atoms with van der Waals surface area (Å²) in [7, 11) is 0. The van der Waals surface area contributed by atoms with Gasteiger partial charge in [0.05, 0.1) is 11.9 Å². The Morgan fingerprint density at radius 3 is 2.73 bits per heavy atom. The standard InChI is InChI=1S/C11H10FN3/c12-10-1-2-11(15-7-10)9-3-8(4-13)5-14-6-9/h1-3,5-7H,4,13H2. The van der Waals surface area contributed by atoms with Crippen LogP contribution in [0.4, 0.5) is 4.39 Å². The van der Waals surface area contributed by atoms with Crippen molar-refractivity contribution in [2.75, 3.05) is 0 Å². The molecule has 0 aliphatic carbocycles. The highest BCUT2D eigenvalue weighted by Crippen LogP contribution is 2.16. The van der Waals surface area contributed by atoms with E-state index < -0.39 is 0 Å². The predicted molar refractivity (Wildman–Crippen MR) is 55.3 cm³/mol. The first-order chi connectivity index (χ1) is 7.29. The summed E-state index contributed by atoms with van der Waals surface area (Å²) in [5, 5.41) is 0. The van der Waals surface area contributed by atoms with E-state index in [1.54, 1.807) is 18.5 Å². The summed E-state index contributed by atoms with van der Waals surface area (Å²) in [5.41, 5.74) is 7.97. The van der Waals surface area contributed by atoms with Gasteiger partial charge in [-0.1, -0.05) is 0 Å². The van der Waals surface area contributed by atoms with Gasteiger partial charge in [0, 0.05) is 24.5 Å². The zero-order valence-corrected chi connectivity index (χ0v) is 8.02. The third-order valence-corrected chi connectivity index (χ3v) is 2.05. The van der Waals surface area contributed by atoms with Gasteiger partial charge in [-0.3, -0.25) is 9.97 Å². The van der Waals surface area contributed by atoms with Gasteiger partial charge in [-0.25, -0.2) is 4.39 Å². The van der Waals surface area contributed by atoms with Crippen molar-refractivity contribution >= 4 is 0 Å². The molecule has 15 heavy (non-hydrogen) atoms. The maximum absolute atomic E-state index is 12.6. The number of pyridine rings is 2. The number of nitrogens with zero attached hydrogens (tertiary/aromatic N) is 2. The Morgan fingerprint density at radius 1 is 1.20 bits per heavy atom. The Kier molecular flexibility index (Phi) is 2.69. The predicted octanol–water partition coefficient (Wildman–Crippen LogP) is 1.74. The monoisotopic (exact) mass is 203 g/mol. The van der Waals surface area contributed by atoms with Gasteiger partial charge in [0.2, 0.25) is 0 Å². The molecule has 2 N–H and O–H groups in total. The first-order valence-corrected chi connectivity index (χ1v) is 4.55. The molecule has 0 aromatic carbocycles. The molecule has 2 rings (SSSR count). The average molecular weight is 203 g/mol. The SMILES string of the molecule is NCc1cncc(-c2ccc(F)cn2)c1. The number of hydrogen-bond donors (Lipinski definition) is 1. The maximum atomic E-state index is 12.6. The molecule has 4 heteroatoms. The molecule has 0 atom stereocenters. The Labute approximate surface area is 86.8 Å². The summed E-state index contributed by atoms with van der Waals surface area (Å²) in [5.74, 6) is -0.346. The van der Waals surface area contributed by atoms with E-state index in [1.807, 2.05) is 6.07 Å². The highest BCUT2D eigenvalue weighted by atomic mass is 19.1. The van der Waals surface area contributed by atoms with Gasteiger partial charge in [-0.15, -0.1) is 0 Å². The van der Waals surface area contributed by atoms with Crippen LogP contribution < -0.4 is 5.73 Å². The van der Waals surface area contributed by atoms with Crippen molar-refractivity contribution in [3.63, 3.8) is 0 Å². The highest BCUT2D eigenvalue weighted by Gasteiger charge is 2.00. The van der Waals surface area contributed by atoms with Crippen LogP contribution in [0.2, 0.25) is 0 Å². The van der Waals surface area contributed by atoms with Crippen LogP contribution in [-0.2, 0) is 6.54 Å². The molecule has 0 radical (unpaired) electrons. The van der Waals surface area contributed by atoms with E-state index in [1.165, 1.54) is 12.3 Å². The third-order valence-electron chi connectivity index (χ3n) is 2.05. The summed E-state index contributed by atoms with van der Waals surface area (Å²) in [4.78, 5) is 8.01. The van der Waals surface area contributed by atoms with Crippen LogP contribution in [0.5, 0.6) is 0 Å². The van der Waals surface area contributed by atoms with Crippen molar-refractivity contribution in [3.05, 3.63) is 48.2 Å². The Morgan fingerprint density at radius 2 is 2.07 bits per heavy atom. The van der Waals surface area contributed by atoms with Crippen LogP contribution in [0.25, 0.3) is 11.3 Å². The first kappa shape index (κ1) is 9.73. The van der Waals surface area contributed by atoms with Crippen LogP contribution in [0.3, 0.4) is 0 Å². The molecule has 2 heterocycles. The van der Waals surface area contributed by atoms with Gasteiger partial charge in [-0.2, -0.15) is 0 Å². The van der Waals surface area contributed by atoms with E-state index in [2.05, 4.69) is 9.97 Å². The normalized spacial score (nSPS) is 10.3. The summed E-state index contributed by atoms with van der Waals surface area (Å²) in [6.45, 7) is 0.433. The van der Waals surface area contributed by atoms with E-state index in [0.717, 1.165) is 11.1 Å². The van der Waals surface area contributed by atoms with E-state index in [-0.39, 0.29) is 5.82 Å². The van der Waals surface area contributed by atoms with E-state index in [4.69, 9.17) is 5.73 Å².